The van der Waals surface area contributed by atoms with E-state index in [1.807, 2.05) is 30.3 Å². The summed E-state index contributed by atoms with van der Waals surface area (Å²) in [6.07, 6.45) is 1.78. The van der Waals surface area contributed by atoms with Crippen molar-refractivity contribution in [2.24, 2.45) is 5.84 Å². The molecule has 0 spiro atoms. The highest BCUT2D eigenvalue weighted by Crippen LogP contribution is 2.27. The molecule has 0 bridgehead atoms. The maximum absolute atomic E-state index is 13.4. The van der Waals surface area contributed by atoms with Crippen LogP contribution in [0.2, 0.25) is 0 Å². The zero-order chi connectivity index (χ0) is 14.8. The normalized spacial score (nSPS) is 12.5. The van der Waals surface area contributed by atoms with Crippen LogP contribution in [0.1, 0.15) is 17.2 Å². The van der Waals surface area contributed by atoms with E-state index in [2.05, 4.69) is 26.3 Å². The van der Waals surface area contributed by atoms with Crippen molar-refractivity contribution in [1.29, 1.82) is 0 Å². The summed E-state index contributed by atoms with van der Waals surface area (Å²) < 4.78 is 13.8. The van der Waals surface area contributed by atoms with E-state index in [1.165, 1.54) is 6.07 Å². The molecule has 0 fully saturated rings. The van der Waals surface area contributed by atoms with Crippen molar-refractivity contribution in [2.75, 3.05) is 0 Å². The second-order valence-electron chi connectivity index (χ2n) is 4.73. The first-order valence-electron chi connectivity index (χ1n) is 6.45. The maximum atomic E-state index is 13.4. The molecule has 106 valence electrons. The molecule has 3 nitrogen and oxygen atoms in total. The lowest BCUT2D eigenvalue weighted by Crippen LogP contribution is -2.29. The summed E-state index contributed by atoms with van der Waals surface area (Å²) in [6, 6.07) is 14.5. The molecule has 5 heteroatoms. The van der Waals surface area contributed by atoms with Crippen molar-refractivity contribution in [2.45, 2.75) is 6.04 Å². The Kier molecular flexibility index (Phi) is 3.96. The van der Waals surface area contributed by atoms with Gasteiger partial charge in [0.15, 0.2) is 0 Å². The maximum Gasteiger partial charge on any atom is 0.137 e. The first-order chi connectivity index (χ1) is 10.2. The van der Waals surface area contributed by atoms with Crippen molar-refractivity contribution in [3.05, 3.63) is 76.1 Å². The van der Waals surface area contributed by atoms with E-state index in [4.69, 9.17) is 5.84 Å². The summed E-state index contributed by atoms with van der Waals surface area (Å²) in [6.45, 7) is 0. The topological polar surface area (TPSA) is 50.9 Å². The molecule has 0 aliphatic rings. The lowest BCUT2D eigenvalue weighted by Gasteiger charge is -2.17. The van der Waals surface area contributed by atoms with Crippen LogP contribution in [0.15, 0.2) is 59.2 Å². The number of benzene rings is 2. The number of hydrogen-bond acceptors (Lipinski definition) is 3. The van der Waals surface area contributed by atoms with Crippen LogP contribution < -0.4 is 11.3 Å². The van der Waals surface area contributed by atoms with E-state index >= 15 is 0 Å². The van der Waals surface area contributed by atoms with Crippen molar-refractivity contribution in [1.82, 2.24) is 10.4 Å². The third-order valence-corrected chi connectivity index (χ3v) is 4.00. The number of aromatic nitrogens is 1. The third kappa shape index (κ3) is 2.81. The van der Waals surface area contributed by atoms with Crippen LogP contribution in [0.4, 0.5) is 4.39 Å². The number of nitrogens with one attached hydrogen (secondary N) is 1. The quantitative estimate of drug-likeness (QED) is 0.562. The van der Waals surface area contributed by atoms with Gasteiger partial charge in [-0.2, -0.15) is 0 Å². The van der Waals surface area contributed by atoms with Gasteiger partial charge in [-0.15, -0.1) is 0 Å². The van der Waals surface area contributed by atoms with Gasteiger partial charge in [-0.05, 0) is 51.3 Å². The zero-order valence-electron chi connectivity index (χ0n) is 11.1. The first-order valence-corrected chi connectivity index (χ1v) is 7.24. The van der Waals surface area contributed by atoms with Gasteiger partial charge in [0.1, 0.15) is 5.82 Å². The van der Waals surface area contributed by atoms with Gasteiger partial charge < -0.3 is 0 Å². The highest BCUT2D eigenvalue weighted by Gasteiger charge is 2.15. The zero-order valence-corrected chi connectivity index (χ0v) is 12.6. The molecule has 1 unspecified atom stereocenters. The van der Waals surface area contributed by atoms with Crippen LogP contribution in [0.25, 0.3) is 10.9 Å². The molecule has 1 heterocycles. The highest BCUT2D eigenvalue weighted by molar-refractivity contribution is 9.10. The SMILES string of the molecule is NNC(c1ccc(F)c(Br)c1)c1cnc2ccccc2c1. The molecule has 3 aromatic rings. The Labute approximate surface area is 130 Å². The third-order valence-electron chi connectivity index (χ3n) is 3.39. The van der Waals surface area contributed by atoms with Crippen LogP contribution >= 0.6 is 15.9 Å². The number of halogens is 2. The smallest absolute Gasteiger partial charge is 0.137 e. The fourth-order valence-electron chi connectivity index (χ4n) is 2.32. The number of fused-ring (bicyclic) bond motifs is 1. The van der Waals surface area contributed by atoms with Crippen molar-refractivity contribution >= 4 is 26.8 Å². The highest BCUT2D eigenvalue weighted by atomic mass is 79.9. The predicted octanol–water partition coefficient (Wildman–Crippen LogP) is 3.69. The summed E-state index contributed by atoms with van der Waals surface area (Å²) in [5.74, 6) is 5.38. The van der Waals surface area contributed by atoms with Gasteiger partial charge in [-0.1, -0.05) is 24.3 Å². The van der Waals surface area contributed by atoms with Crippen LogP contribution in [0.3, 0.4) is 0 Å². The van der Waals surface area contributed by atoms with Crippen molar-refractivity contribution in [3.63, 3.8) is 0 Å². The number of nitrogens with two attached hydrogens (primary N) is 1. The largest absolute Gasteiger partial charge is 0.271 e. The Morgan fingerprint density at radius 3 is 2.67 bits per heavy atom. The van der Waals surface area contributed by atoms with Crippen LogP contribution in [-0.4, -0.2) is 4.98 Å². The molecular formula is C16H13BrFN3. The summed E-state index contributed by atoms with van der Waals surface area (Å²) >= 11 is 3.20. The molecule has 1 atom stereocenters. The van der Waals surface area contributed by atoms with Gasteiger partial charge in [0.05, 0.1) is 16.0 Å². The molecule has 0 saturated heterocycles. The number of pyridine rings is 1. The molecule has 1 aromatic heterocycles. The van der Waals surface area contributed by atoms with E-state index in [0.29, 0.717) is 4.47 Å². The lowest BCUT2D eigenvalue weighted by atomic mass is 9.99. The molecule has 0 aliphatic carbocycles. The molecule has 3 rings (SSSR count). The lowest BCUT2D eigenvalue weighted by molar-refractivity contribution is 0.609. The van der Waals surface area contributed by atoms with Gasteiger partial charge in [0.25, 0.3) is 0 Å². The summed E-state index contributed by atoms with van der Waals surface area (Å²) in [5, 5.41) is 1.04. The van der Waals surface area contributed by atoms with E-state index < -0.39 is 0 Å². The molecule has 0 aliphatic heterocycles. The second kappa shape index (κ2) is 5.89. The number of para-hydroxylation sites is 1. The summed E-state index contributed by atoms with van der Waals surface area (Å²) in [5.41, 5.74) is 5.48. The molecule has 2 aromatic carbocycles. The number of nitrogens with zero attached hydrogens (tertiary/aromatic N) is 1. The second-order valence-corrected chi connectivity index (χ2v) is 5.59. The van der Waals surface area contributed by atoms with Gasteiger partial charge in [0.2, 0.25) is 0 Å². The molecule has 3 N–H and O–H groups in total. The summed E-state index contributed by atoms with van der Waals surface area (Å²) in [4.78, 5) is 4.43. The minimum absolute atomic E-state index is 0.251. The van der Waals surface area contributed by atoms with Crippen LogP contribution in [-0.2, 0) is 0 Å². The van der Waals surface area contributed by atoms with Gasteiger partial charge in [-0.3, -0.25) is 10.8 Å². The Morgan fingerprint density at radius 2 is 1.90 bits per heavy atom. The predicted molar refractivity (Wildman–Crippen MR) is 85.0 cm³/mol. The Balaban J connectivity index is 2.06. The minimum atomic E-state index is -0.300. The molecule has 0 radical (unpaired) electrons. The Bertz CT molecular complexity index is 791. The standard InChI is InChI=1S/C16H13BrFN3/c17-13-8-11(5-6-14(13)18)16(21-19)12-7-10-3-1-2-4-15(10)20-9-12/h1-9,16,21H,19H2. The minimum Gasteiger partial charge on any atom is -0.271 e. The fraction of sp³-hybridized carbons (Fsp3) is 0.0625. The van der Waals surface area contributed by atoms with E-state index in [1.54, 1.807) is 18.3 Å². The number of rotatable bonds is 3. The Morgan fingerprint density at radius 1 is 1.10 bits per heavy atom. The van der Waals surface area contributed by atoms with Gasteiger partial charge in [-0.25, -0.2) is 9.82 Å². The van der Waals surface area contributed by atoms with Crippen LogP contribution in [0.5, 0.6) is 0 Å². The number of hydrazine groups is 1. The average molecular weight is 346 g/mol. The molecule has 21 heavy (non-hydrogen) atoms. The summed E-state index contributed by atoms with van der Waals surface area (Å²) in [7, 11) is 0. The van der Waals surface area contributed by atoms with Crippen LogP contribution in [0, 0.1) is 5.82 Å². The monoisotopic (exact) mass is 345 g/mol. The molecule has 0 saturated carbocycles. The number of hydrogen-bond donors (Lipinski definition) is 2. The molecule has 0 amide bonds. The average Bonchev–Trinajstić information content (AvgIpc) is 2.51. The van der Waals surface area contributed by atoms with E-state index in [0.717, 1.165) is 22.0 Å². The first kappa shape index (κ1) is 14.1. The van der Waals surface area contributed by atoms with Crippen molar-refractivity contribution in [3.8, 4) is 0 Å². The van der Waals surface area contributed by atoms with E-state index in [-0.39, 0.29) is 11.9 Å². The van der Waals surface area contributed by atoms with Gasteiger partial charge in [0, 0.05) is 11.6 Å². The van der Waals surface area contributed by atoms with E-state index in [9.17, 15) is 4.39 Å². The van der Waals surface area contributed by atoms with Gasteiger partial charge >= 0.3 is 0 Å². The molecular weight excluding hydrogens is 333 g/mol. The van der Waals surface area contributed by atoms with Crippen molar-refractivity contribution < 1.29 is 4.39 Å². The fourth-order valence-corrected chi connectivity index (χ4v) is 2.72. The Hall–Kier alpha value is -1.82.